The summed E-state index contributed by atoms with van der Waals surface area (Å²) in [5.41, 5.74) is 0. The fraction of sp³-hybridized carbons (Fsp3) is 0.615. The normalized spacial score (nSPS) is 10.5. The highest BCUT2D eigenvalue weighted by Gasteiger charge is 2.02. The van der Waals surface area contributed by atoms with Crippen molar-refractivity contribution in [1.82, 2.24) is 15.1 Å². The Kier molecular flexibility index (Phi) is 6.81. The average Bonchev–Trinajstić information content (AvgIpc) is 2.36. The van der Waals surface area contributed by atoms with E-state index in [-0.39, 0.29) is 5.91 Å². The Hall–Kier alpha value is -1.69. The molecule has 1 aromatic rings. The molecular formula is C13H23N5O. The van der Waals surface area contributed by atoms with Crippen LogP contribution in [0, 0.1) is 0 Å². The number of nitrogens with zero attached hydrogens (tertiary/aromatic N) is 3. The first-order valence-corrected chi connectivity index (χ1v) is 6.64. The first-order valence-electron chi connectivity index (χ1n) is 6.64. The van der Waals surface area contributed by atoms with E-state index >= 15 is 0 Å². The summed E-state index contributed by atoms with van der Waals surface area (Å²) in [4.78, 5) is 13.5. The van der Waals surface area contributed by atoms with Gasteiger partial charge in [-0.2, -0.15) is 0 Å². The summed E-state index contributed by atoms with van der Waals surface area (Å²) in [5, 5.41) is 13.9. The predicted octanol–water partition coefficient (Wildman–Crippen LogP) is 1.58. The monoisotopic (exact) mass is 265 g/mol. The summed E-state index contributed by atoms with van der Waals surface area (Å²) in [6.07, 6.45) is 2.38. The number of carbonyl (C=O) groups is 1. The van der Waals surface area contributed by atoms with E-state index < -0.39 is 0 Å². The number of hydrogen-bond donors (Lipinski definition) is 2. The SMILES string of the molecule is CCCC(=O)Nc1ccc(NCCCN(C)C)nn1. The van der Waals surface area contributed by atoms with Gasteiger partial charge < -0.3 is 15.5 Å². The summed E-state index contributed by atoms with van der Waals surface area (Å²) < 4.78 is 0. The van der Waals surface area contributed by atoms with Crippen molar-refractivity contribution in [2.75, 3.05) is 37.8 Å². The second-order valence-electron chi connectivity index (χ2n) is 4.69. The molecule has 0 saturated heterocycles. The third-order valence-electron chi connectivity index (χ3n) is 2.50. The van der Waals surface area contributed by atoms with Gasteiger partial charge in [-0.3, -0.25) is 4.79 Å². The zero-order valence-electron chi connectivity index (χ0n) is 11.9. The van der Waals surface area contributed by atoms with Gasteiger partial charge in [0.15, 0.2) is 5.82 Å². The highest BCUT2D eigenvalue weighted by molar-refractivity contribution is 5.89. The van der Waals surface area contributed by atoms with Crippen LogP contribution >= 0.6 is 0 Å². The third-order valence-corrected chi connectivity index (χ3v) is 2.50. The number of rotatable bonds is 8. The average molecular weight is 265 g/mol. The lowest BCUT2D eigenvalue weighted by atomic mass is 10.3. The molecular weight excluding hydrogens is 242 g/mol. The summed E-state index contributed by atoms with van der Waals surface area (Å²) in [7, 11) is 4.10. The van der Waals surface area contributed by atoms with Crippen LogP contribution in [0.4, 0.5) is 11.6 Å². The Balaban J connectivity index is 2.33. The van der Waals surface area contributed by atoms with Crippen LogP contribution in [-0.2, 0) is 4.79 Å². The molecule has 2 N–H and O–H groups in total. The maximum atomic E-state index is 11.4. The number of hydrogen-bond acceptors (Lipinski definition) is 5. The largest absolute Gasteiger partial charge is 0.369 e. The van der Waals surface area contributed by atoms with Crippen molar-refractivity contribution in [2.45, 2.75) is 26.2 Å². The molecule has 19 heavy (non-hydrogen) atoms. The van der Waals surface area contributed by atoms with Crippen molar-refractivity contribution in [3.63, 3.8) is 0 Å². The van der Waals surface area contributed by atoms with E-state index in [9.17, 15) is 4.79 Å². The van der Waals surface area contributed by atoms with Crippen LogP contribution in [0.2, 0.25) is 0 Å². The van der Waals surface area contributed by atoms with E-state index in [4.69, 9.17) is 0 Å². The maximum Gasteiger partial charge on any atom is 0.225 e. The molecule has 0 saturated carbocycles. The zero-order valence-corrected chi connectivity index (χ0v) is 11.9. The molecule has 0 aliphatic carbocycles. The second-order valence-corrected chi connectivity index (χ2v) is 4.69. The fourth-order valence-electron chi connectivity index (χ4n) is 1.54. The minimum absolute atomic E-state index is 0.0245. The van der Waals surface area contributed by atoms with Crippen LogP contribution in [0.5, 0.6) is 0 Å². The van der Waals surface area contributed by atoms with Crippen molar-refractivity contribution < 1.29 is 4.79 Å². The molecule has 0 unspecified atom stereocenters. The minimum Gasteiger partial charge on any atom is -0.369 e. The Morgan fingerprint density at radius 1 is 1.26 bits per heavy atom. The molecule has 6 nitrogen and oxygen atoms in total. The van der Waals surface area contributed by atoms with Crippen LogP contribution < -0.4 is 10.6 Å². The lowest BCUT2D eigenvalue weighted by molar-refractivity contribution is -0.116. The Labute approximate surface area is 114 Å². The first kappa shape index (κ1) is 15.4. The molecule has 0 radical (unpaired) electrons. The third kappa shape index (κ3) is 6.71. The van der Waals surface area contributed by atoms with E-state index in [2.05, 4.69) is 25.7 Å². The van der Waals surface area contributed by atoms with Crippen molar-refractivity contribution >= 4 is 17.5 Å². The van der Waals surface area contributed by atoms with Crippen LogP contribution in [0.15, 0.2) is 12.1 Å². The van der Waals surface area contributed by atoms with E-state index in [0.717, 1.165) is 31.7 Å². The van der Waals surface area contributed by atoms with Crippen molar-refractivity contribution in [2.24, 2.45) is 0 Å². The molecule has 0 bridgehead atoms. The maximum absolute atomic E-state index is 11.4. The number of carbonyl (C=O) groups excluding carboxylic acids is 1. The Morgan fingerprint density at radius 3 is 2.53 bits per heavy atom. The number of aromatic nitrogens is 2. The van der Waals surface area contributed by atoms with Crippen LogP contribution in [0.3, 0.4) is 0 Å². The summed E-state index contributed by atoms with van der Waals surface area (Å²) in [6.45, 7) is 3.85. The topological polar surface area (TPSA) is 70.2 Å². The van der Waals surface area contributed by atoms with Crippen LogP contribution in [0.1, 0.15) is 26.2 Å². The summed E-state index contributed by atoms with van der Waals surface area (Å²) >= 11 is 0. The van der Waals surface area contributed by atoms with Gasteiger partial charge in [-0.1, -0.05) is 6.92 Å². The fourth-order valence-corrected chi connectivity index (χ4v) is 1.54. The quantitative estimate of drug-likeness (QED) is 0.698. The molecule has 106 valence electrons. The highest BCUT2D eigenvalue weighted by Crippen LogP contribution is 2.06. The molecule has 0 aliphatic heterocycles. The van der Waals surface area contributed by atoms with Gasteiger partial charge in [-0.25, -0.2) is 0 Å². The lowest BCUT2D eigenvalue weighted by Gasteiger charge is -2.10. The Morgan fingerprint density at radius 2 is 1.95 bits per heavy atom. The van der Waals surface area contributed by atoms with Crippen molar-refractivity contribution in [3.8, 4) is 0 Å². The van der Waals surface area contributed by atoms with E-state index in [1.807, 2.05) is 27.1 Å². The van der Waals surface area contributed by atoms with Gasteiger partial charge in [0.2, 0.25) is 5.91 Å². The zero-order chi connectivity index (χ0) is 14.1. The summed E-state index contributed by atoms with van der Waals surface area (Å²) in [5.74, 6) is 1.20. The highest BCUT2D eigenvalue weighted by atomic mass is 16.1. The van der Waals surface area contributed by atoms with Gasteiger partial charge in [-0.15, -0.1) is 10.2 Å². The van der Waals surface area contributed by atoms with Gasteiger partial charge >= 0.3 is 0 Å². The standard InChI is InChI=1S/C13H23N5O/c1-4-6-13(19)15-12-8-7-11(16-17-12)14-9-5-10-18(2)3/h7-8H,4-6,9-10H2,1-3H3,(H,14,16)(H,15,17,19). The number of anilines is 2. The molecule has 6 heteroatoms. The molecule has 1 amide bonds. The lowest BCUT2D eigenvalue weighted by Crippen LogP contribution is -2.17. The molecule has 0 spiro atoms. The Bertz CT molecular complexity index is 377. The smallest absolute Gasteiger partial charge is 0.225 e. The second kappa shape index (κ2) is 8.42. The van der Waals surface area contributed by atoms with Gasteiger partial charge in [-0.05, 0) is 45.6 Å². The molecule has 0 aliphatic rings. The molecule has 1 aromatic heterocycles. The number of amides is 1. The van der Waals surface area contributed by atoms with E-state index in [0.29, 0.717) is 12.2 Å². The van der Waals surface area contributed by atoms with Crippen LogP contribution in [0.25, 0.3) is 0 Å². The van der Waals surface area contributed by atoms with Gasteiger partial charge in [0, 0.05) is 13.0 Å². The van der Waals surface area contributed by atoms with Crippen LogP contribution in [-0.4, -0.2) is 48.2 Å². The first-order chi connectivity index (χ1) is 9.11. The minimum atomic E-state index is -0.0245. The van der Waals surface area contributed by atoms with Crippen molar-refractivity contribution in [3.05, 3.63) is 12.1 Å². The van der Waals surface area contributed by atoms with Crippen molar-refractivity contribution in [1.29, 1.82) is 0 Å². The molecule has 0 fully saturated rings. The van der Waals surface area contributed by atoms with Gasteiger partial charge in [0.25, 0.3) is 0 Å². The van der Waals surface area contributed by atoms with Gasteiger partial charge in [0.1, 0.15) is 5.82 Å². The molecule has 1 heterocycles. The van der Waals surface area contributed by atoms with E-state index in [1.165, 1.54) is 0 Å². The number of nitrogens with one attached hydrogen (secondary N) is 2. The molecule has 0 atom stereocenters. The molecule has 0 aromatic carbocycles. The predicted molar refractivity (Wildman–Crippen MR) is 77.2 cm³/mol. The summed E-state index contributed by atoms with van der Waals surface area (Å²) in [6, 6.07) is 3.58. The molecule has 1 rings (SSSR count). The van der Waals surface area contributed by atoms with E-state index in [1.54, 1.807) is 6.07 Å². The van der Waals surface area contributed by atoms with Gasteiger partial charge in [0.05, 0.1) is 0 Å².